The van der Waals surface area contributed by atoms with Crippen LogP contribution in [0.2, 0.25) is 0 Å². The number of alkyl halides is 3. The van der Waals surface area contributed by atoms with Crippen LogP contribution in [0.4, 0.5) is 32.2 Å². The number of aromatic nitrogens is 3. The summed E-state index contributed by atoms with van der Waals surface area (Å²) < 4.78 is 91.3. The molecular weight excluding hydrogens is 478 g/mol. The van der Waals surface area contributed by atoms with E-state index in [1.807, 2.05) is 0 Å². The lowest BCUT2D eigenvalue weighted by atomic mass is 10.1. The molecule has 182 valence electrons. The van der Waals surface area contributed by atoms with Gasteiger partial charge in [0.15, 0.2) is 29.0 Å². The van der Waals surface area contributed by atoms with E-state index >= 15 is 0 Å². The first kappa shape index (κ1) is 24.0. The zero-order valence-corrected chi connectivity index (χ0v) is 18.0. The minimum absolute atomic E-state index is 0.0755. The lowest BCUT2D eigenvalue weighted by molar-refractivity contribution is -0.137. The molecule has 0 bridgehead atoms. The maximum absolute atomic E-state index is 14.2. The van der Waals surface area contributed by atoms with Crippen molar-refractivity contribution in [2.75, 3.05) is 19.0 Å². The zero-order chi connectivity index (χ0) is 25.2. The Bertz CT molecular complexity index is 1380. The van der Waals surface area contributed by atoms with Crippen LogP contribution in [0.3, 0.4) is 0 Å². The molecule has 35 heavy (non-hydrogen) atoms. The number of rotatable bonds is 7. The van der Waals surface area contributed by atoms with E-state index in [-0.39, 0.29) is 35.3 Å². The Morgan fingerprint density at radius 3 is 2.46 bits per heavy atom. The number of ether oxygens (including phenoxy) is 2. The fourth-order valence-corrected chi connectivity index (χ4v) is 3.30. The summed E-state index contributed by atoms with van der Waals surface area (Å²) in [4.78, 5) is 11.3. The van der Waals surface area contributed by atoms with Gasteiger partial charge in [0.1, 0.15) is 17.7 Å². The number of anilines is 1. The molecule has 1 N–H and O–H groups in total. The van der Waals surface area contributed by atoms with Gasteiger partial charge in [-0.05, 0) is 30.2 Å². The van der Waals surface area contributed by atoms with Crippen molar-refractivity contribution in [2.45, 2.75) is 12.6 Å². The predicted octanol–water partition coefficient (Wildman–Crippen LogP) is 5.92. The molecule has 4 rings (SSSR count). The molecular formula is C23H16F6N4O2. The van der Waals surface area contributed by atoms with Crippen molar-refractivity contribution in [3.8, 4) is 17.4 Å². The van der Waals surface area contributed by atoms with E-state index in [1.165, 1.54) is 13.2 Å². The van der Waals surface area contributed by atoms with Crippen molar-refractivity contribution in [3.05, 3.63) is 77.5 Å². The predicted molar refractivity (Wildman–Crippen MR) is 114 cm³/mol. The van der Waals surface area contributed by atoms with Crippen LogP contribution in [-0.2, 0) is 12.6 Å². The minimum Gasteiger partial charge on any atom is -0.493 e. The zero-order valence-electron chi connectivity index (χ0n) is 18.0. The van der Waals surface area contributed by atoms with E-state index in [2.05, 4.69) is 20.3 Å². The van der Waals surface area contributed by atoms with Crippen molar-refractivity contribution in [1.29, 1.82) is 0 Å². The van der Waals surface area contributed by atoms with Gasteiger partial charge >= 0.3 is 6.18 Å². The fraction of sp³-hybridized carbons (Fsp3) is 0.174. The standard InChI is InChI=1S/C23H16F6N4O2/c1-34-17-8-12(2-3-16(17)35-18-9-13(5-7-30-18)23(27,28)29)4-6-31-22-19-20(26)14(24)10-15(25)21(19)32-11-33-22/h2-3,5,7-11H,4,6H2,1H3,(H,31,32,33). The molecule has 0 aliphatic rings. The Morgan fingerprint density at radius 2 is 1.71 bits per heavy atom. The quantitative estimate of drug-likeness (QED) is 0.254. The van der Waals surface area contributed by atoms with Crippen molar-refractivity contribution in [3.63, 3.8) is 0 Å². The summed E-state index contributed by atoms with van der Waals surface area (Å²) in [5, 5.41) is 2.43. The molecule has 0 unspecified atom stereocenters. The summed E-state index contributed by atoms with van der Waals surface area (Å²) in [5.74, 6) is -3.59. The van der Waals surface area contributed by atoms with Crippen LogP contribution < -0.4 is 14.8 Å². The third-order valence-corrected chi connectivity index (χ3v) is 4.97. The van der Waals surface area contributed by atoms with Crippen LogP contribution in [0, 0.1) is 17.5 Å². The number of hydrogen-bond donors (Lipinski definition) is 1. The Balaban J connectivity index is 1.49. The molecule has 0 aliphatic carbocycles. The lowest BCUT2D eigenvalue weighted by Crippen LogP contribution is -2.09. The second-order valence-corrected chi connectivity index (χ2v) is 7.24. The first-order valence-electron chi connectivity index (χ1n) is 10.1. The molecule has 4 aromatic rings. The molecule has 0 saturated carbocycles. The van der Waals surface area contributed by atoms with Crippen molar-refractivity contribution < 1.29 is 35.8 Å². The van der Waals surface area contributed by atoms with E-state index < -0.39 is 34.6 Å². The van der Waals surface area contributed by atoms with Crippen LogP contribution in [-0.4, -0.2) is 28.6 Å². The number of halogens is 6. The average molecular weight is 494 g/mol. The molecule has 0 atom stereocenters. The minimum atomic E-state index is -4.54. The molecule has 0 amide bonds. The van der Waals surface area contributed by atoms with Gasteiger partial charge in [0.25, 0.3) is 0 Å². The summed E-state index contributed by atoms with van der Waals surface area (Å²) >= 11 is 0. The number of nitrogens with zero attached hydrogens (tertiary/aromatic N) is 3. The van der Waals surface area contributed by atoms with Crippen molar-refractivity contribution >= 4 is 16.7 Å². The molecule has 6 nitrogen and oxygen atoms in total. The number of fused-ring (bicyclic) bond motifs is 1. The number of pyridine rings is 1. The van der Waals surface area contributed by atoms with Gasteiger partial charge in [0, 0.05) is 24.9 Å². The molecule has 0 aliphatic heterocycles. The summed E-state index contributed by atoms with van der Waals surface area (Å²) in [6.45, 7) is 0.197. The van der Waals surface area contributed by atoms with E-state index in [0.29, 0.717) is 12.5 Å². The monoisotopic (exact) mass is 494 g/mol. The molecule has 2 aromatic carbocycles. The molecule has 12 heteroatoms. The van der Waals surface area contributed by atoms with Gasteiger partial charge in [0.05, 0.1) is 18.1 Å². The number of benzene rings is 2. The Kier molecular flexibility index (Phi) is 6.63. The van der Waals surface area contributed by atoms with Gasteiger partial charge < -0.3 is 14.8 Å². The third kappa shape index (κ3) is 5.20. The largest absolute Gasteiger partial charge is 0.493 e. The van der Waals surface area contributed by atoms with Gasteiger partial charge in [-0.2, -0.15) is 13.2 Å². The van der Waals surface area contributed by atoms with Crippen LogP contribution >= 0.6 is 0 Å². The first-order chi connectivity index (χ1) is 16.7. The topological polar surface area (TPSA) is 69.2 Å². The van der Waals surface area contributed by atoms with Gasteiger partial charge in [0.2, 0.25) is 5.88 Å². The van der Waals surface area contributed by atoms with Crippen LogP contribution in [0.1, 0.15) is 11.1 Å². The molecule has 2 heterocycles. The smallest absolute Gasteiger partial charge is 0.416 e. The maximum Gasteiger partial charge on any atom is 0.416 e. The Hall–Kier alpha value is -4.09. The number of methoxy groups -OCH3 is 1. The van der Waals surface area contributed by atoms with E-state index in [0.717, 1.165) is 30.2 Å². The summed E-state index contributed by atoms with van der Waals surface area (Å²) in [5.41, 5.74) is -0.541. The van der Waals surface area contributed by atoms with E-state index in [4.69, 9.17) is 9.47 Å². The Labute approximate surface area is 194 Å². The van der Waals surface area contributed by atoms with Crippen LogP contribution in [0.15, 0.2) is 48.9 Å². The van der Waals surface area contributed by atoms with Crippen LogP contribution in [0.25, 0.3) is 10.9 Å². The van der Waals surface area contributed by atoms with Crippen LogP contribution in [0.5, 0.6) is 17.4 Å². The van der Waals surface area contributed by atoms with Gasteiger partial charge in [-0.15, -0.1) is 0 Å². The summed E-state index contributed by atoms with van der Waals surface area (Å²) in [7, 11) is 1.36. The molecule has 0 saturated heterocycles. The van der Waals surface area contributed by atoms with E-state index in [1.54, 1.807) is 12.1 Å². The summed E-state index contributed by atoms with van der Waals surface area (Å²) in [6.07, 6.45) is -2.18. The number of nitrogens with one attached hydrogen (secondary N) is 1. The summed E-state index contributed by atoms with van der Waals surface area (Å²) in [6, 6.07) is 6.76. The average Bonchev–Trinajstić information content (AvgIpc) is 2.83. The van der Waals surface area contributed by atoms with Gasteiger partial charge in [-0.3, -0.25) is 0 Å². The SMILES string of the molecule is COc1cc(CCNc2ncnc3c(F)cc(F)c(F)c23)ccc1Oc1cc(C(F)(F)F)ccn1. The Morgan fingerprint density at radius 1 is 0.914 bits per heavy atom. The molecule has 2 aromatic heterocycles. The third-order valence-electron chi connectivity index (χ3n) is 4.97. The normalized spacial score (nSPS) is 11.5. The van der Waals surface area contributed by atoms with Gasteiger partial charge in [-0.25, -0.2) is 28.1 Å². The highest BCUT2D eigenvalue weighted by molar-refractivity contribution is 5.89. The lowest BCUT2D eigenvalue weighted by Gasteiger charge is -2.13. The first-order valence-corrected chi connectivity index (χ1v) is 10.1. The van der Waals surface area contributed by atoms with Crippen molar-refractivity contribution in [2.24, 2.45) is 0 Å². The highest BCUT2D eigenvalue weighted by Gasteiger charge is 2.31. The highest BCUT2D eigenvalue weighted by Crippen LogP contribution is 2.35. The second-order valence-electron chi connectivity index (χ2n) is 7.24. The fourth-order valence-electron chi connectivity index (χ4n) is 3.30. The van der Waals surface area contributed by atoms with Gasteiger partial charge in [-0.1, -0.05) is 6.07 Å². The number of hydrogen-bond acceptors (Lipinski definition) is 6. The molecule has 0 radical (unpaired) electrons. The second kappa shape index (κ2) is 9.65. The molecule has 0 spiro atoms. The highest BCUT2D eigenvalue weighted by atomic mass is 19.4. The maximum atomic E-state index is 14.2. The van der Waals surface area contributed by atoms with Crippen molar-refractivity contribution in [1.82, 2.24) is 15.0 Å². The van der Waals surface area contributed by atoms with E-state index in [9.17, 15) is 26.3 Å². The molecule has 0 fully saturated rings.